The fraction of sp³-hybridized carbons (Fsp3) is 0.435. The van der Waals surface area contributed by atoms with Gasteiger partial charge in [0.05, 0.1) is 4.90 Å². The number of fused-ring (bicyclic) bond motifs is 1. The van der Waals surface area contributed by atoms with Crippen molar-refractivity contribution < 1.29 is 13.2 Å². The predicted molar refractivity (Wildman–Crippen MR) is 117 cm³/mol. The van der Waals surface area contributed by atoms with Gasteiger partial charge in [0.15, 0.2) is 9.84 Å². The number of benzene rings is 2. The van der Waals surface area contributed by atoms with Crippen molar-refractivity contribution in [3.05, 3.63) is 59.2 Å². The number of aryl methyl sites for hydroxylation is 1. The lowest BCUT2D eigenvalue weighted by molar-refractivity contribution is 0.0985. The Morgan fingerprint density at radius 2 is 1.83 bits per heavy atom. The van der Waals surface area contributed by atoms with Crippen LogP contribution in [-0.2, 0) is 22.8 Å². The minimum absolute atomic E-state index is 0.0409. The molecule has 0 aromatic heterocycles. The smallest absolute Gasteiger partial charge is 0.258 e. The van der Waals surface area contributed by atoms with E-state index in [2.05, 4.69) is 25.7 Å². The molecule has 0 atom stereocenters. The van der Waals surface area contributed by atoms with E-state index in [-0.39, 0.29) is 5.91 Å². The Kier molecular flexibility index (Phi) is 6.44. The fourth-order valence-corrected chi connectivity index (χ4v) is 4.49. The SMILES string of the molecule is CCN(Cc1ccc(C(=O)N2CCCc3cc(S(C)(=O)=O)ccc32)cc1)C(C)C. The van der Waals surface area contributed by atoms with Crippen LogP contribution < -0.4 is 4.90 Å². The van der Waals surface area contributed by atoms with Crippen molar-refractivity contribution in [2.75, 3.05) is 24.2 Å². The van der Waals surface area contributed by atoms with Gasteiger partial charge in [-0.2, -0.15) is 0 Å². The third kappa shape index (κ3) is 4.87. The molecule has 0 saturated heterocycles. The molecule has 0 bridgehead atoms. The summed E-state index contributed by atoms with van der Waals surface area (Å²) < 4.78 is 23.7. The molecular weight excluding hydrogens is 384 g/mol. The highest BCUT2D eigenvalue weighted by atomic mass is 32.2. The molecule has 1 amide bonds. The van der Waals surface area contributed by atoms with E-state index in [9.17, 15) is 13.2 Å². The third-order valence-electron chi connectivity index (χ3n) is 5.57. The normalized spacial score (nSPS) is 14.3. The zero-order valence-electron chi connectivity index (χ0n) is 17.7. The number of anilines is 1. The van der Waals surface area contributed by atoms with Crippen molar-refractivity contribution in [1.29, 1.82) is 0 Å². The number of carbonyl (C=O) groups excluding carboxylic acids is 1. The van der Waals surface area contributed by atoms with Crippen LogP contribution in [0, 0.1) is 0 Å². The third-order valence-corrected chi connectivity index (χ3v) is 6.68. The minimum Gasteiger partial charge on any atom is -0.308 e. The monoisotopic (exact) mass is 414 g/mol. The second-order valence-corrected chi connectivity index (χ2v) is 9.99. The summed E-state index contributed by atoms with van der Waals surface area (Å²) in [7, 11) is -3.26. The maximum Gasteiger partial charge on any atom is 0.258 e. The molecule has 2 aromatic carbocycles. The van der Waals surface area contributed by atoms with Crippen LogP contribution in [0.1, 0.15) is 48.7 Å². The van der Waals surface area contributed by atoms with Crippen LogP contribution in [0.25, 0.3) is 0 Å². The van der Waals surface area contributed by atoms with Crippen LogP contribution in [0.4, 0.5) is 5.69 Å². The van der Waals surface area contributed by atoms with Gasteiger partial charge in [0, 0.05) is 36.6 Å². The number of carbonyl (C=O) groups is 1. The molecule has 2 aromatic rings. The highest BCUT2D eigenvalue weighted by molar-refractivity contribution is 7.90. The van der Waals surface area contributed by atoms with Gasteiger partial charge in [0.25, 0.3) is 5.91 Å². The van der Waals surface area contributed by atoms with Crippen LogP contribution in [0.2, 0.25) is 0 Å². The quantitative estimate of drug-likeness (QED) is 0.719. The summed E-state index contributed by atoms with van der Waals surface area (Å²) in [4.78, 5) is 17.6. The van der Waals surface area contributed by atoms with Gasteiger partial charge in [-0.25, -0.2) is 8.42 Å². The molecule has 5 nitrogen and oxygen atoms in total. The molecule has 0 unspecified atom stereocenters. The van der Waals surface area contributed by atoms with Crippen LogP contribution in [0.3, 0.4) is 0 Å². The summed E-state index contributed by atoms with van der Waals surface area (Å²) in [6, 6.07) is 13.4. The van der Waals surface area contributed by atoms with E-state index in [1.165, 1.54) is 11.8 Å². The summed E-state index contributed by atoms with van der Waals surface area (Å²) in [6.45, 7) is 9.01. The van der Waals surface area contributed by atoms with E-state index in [1.54, 1.807) is 23.1 Å². The number of sulfone groups is 1. The summed E-state index contributed by atoms with van der Waals surface area (Å²) in [5.41, 5.74) is 3.57. The minimum atomic E-state index is -3.26. The highest BCUT2D eigenvalue weighted by Crippen LogP contribution is 2.30. The largest absolute Gasteiger partial charge is 0.308 e. The maximum absolute atomic E-state index is 13.1. The molecule has 0 fully saturated rings. The van der Waals surface area contributed by atoms with E-state index in [1.807, 2.05) is 24.3 Å². The van der Waals surface area contributed by atoms with Gasteiger partial charge in [0.2, 0.25) is 0 Å². The first kappa shape index (κ1) is 21.5. The second kappa shape index (κ2) is 8.67. The lowest BCUT2D eigenvalue weighted by Gasteiger charge is -2.30. The number of hydrogen-bond donors (Lipinski definition) is 0. The molecule has 156 valence electrons. The van der Waals surface area contributed by atoms with Crippen molar-refractivity contribution in [1.82, 2.24) is 4.90 Å². The summed E-state index contributed by atoms with van der Waals surface area (Å²) in [5.74, 6) is -0.0409. The molecule has 0 radical (unpaired) electrons. The van der Waals surface area contributed by atoms with E-state index in [0.29, 0.717) is 23.0 Å². The van der Waals surface area contributed by atoms with Crippen LogP contribution in [-0.4, -0.2) is 44.6 Å². The Labute approximate surface area is 174 Å². The lowest BCUT2D eigenvalue weighted by atomic mass is 10.0. The Morgan fingerprint density at radius 3 is 2.41 bits per heavy atom. The average molecular weight is 415 g/mol. The molecule has 1 aliphatic heterocycles. The lowest BCUT2D eigenvalue weighted by Crippen LogP contribution is -2.35. The first-order chi connectivity index (χ1) is 13.7. The molecule has 29 heavy (non-hydrogen) atoms. The van der Waals surface area contributed by atoms with Crippen molar-refractivity contribution in [3.8, 4) is 0 Å². The van der Waals surface area contributed by atoms with Gasteiger partial charge < -0.3 is 4.90 Å². The molecule has 0 aliphatic carbocycles. The molecule has 0 spiro atoms. The van der Waals surface area contributed by atoms with Gasteiger partial charge in [-0.15, -0.1) is 0 Å². The van der Waals surface area contributed by atoms with Crippen molar-refractivity contribution in [2.24, 2.45) is 0 Å². The summed E-state index contributed by atoms with van der Waals surface area (Å²) in [6.07, 6.45) is 2.81. The number of hydrogen-bond acceptors (Lipinski definition) is 4. The van der Waals surface area contributed by atoms with Crippen molar-refractivity contribution in [2.45, 2.75) is 51.1 Å². The predicted octanol–water partition coefficient (Wildman–Crippen LogP) is 3.91. The van der Waals surface area contributed by atoms with Gasteiger partial charge in [-0.3, -0.25) is 9.69 Å². The number of rotatable bonds is 6. The molecule has 3 rings (SSSR count). The van der Waals surface area contributed by atoms with Gasteiger partial charge in [0.1, 0.15) is 0 Å². The highest BCUT2D eigenvalue weighted by Gasteiger charge is 2.25. The molecule has 1 aliphatic rings. The van der Waals surface area contributed by atoms with E-state index in [0.717, 1.165) is 37.2 Å². The molecule has 0 N–H and O–H groups in total. The first-order valence-corrected chi connectivity index (χ1v) is 12.1. The van der Waals surface area contributed by atoms with Crippen LogP contribution in [0.5, 0.6) is 0 Å². The van der Waals surface area contributed by atoms with Gasteiger partial charge >= 0.3 is 0 Å². The fourth-order valence-electron chi connectivity index (χ4n) is 3.82. The standard InChI is InChI=1S/C23H30N2O3S/c1-5-24(17(2)3)16-18-8-10-19(11-9-18)23(26)25-14-6-7-20-15-21(29(4,27)28)12-13-22(20)25/h8-13,15,17H,5-7,14,16H2,1-4H3. The first-order valence-electron chi connectivity index (χ1n) is 10.2. The molecule has 0 saturated carbocycles. The van der Waals surface area contributed by atoms with E-state index >= 15 is 0 Å². The Hall–Kier alpha value is -2.18. The van der Waals surface area contributed by atoms with E-state index < -0.39 is 9.84 Å². The van der Waals surface area contributed by atoms with Crippen molar-refractivity contribution >= 4 is 21.4 Å². The Balaban J connectivity index is 1.81. The molecule has 6 heteroatoms. The summed E-state index contributed by atoms with van der Waals surface area (Å²) >= 11 is 0. The van der Waals surface area contributed by atoms with Gasteiger partial charge in [-0.1, -0.05) is 19.1 Å². The number of nitrogens with zero attached hydrogens (tertiary/aromatic N) is 2. The number of amides is 1. The maximum atomic E-state index is 13.1. The average Bonchev–Trinajstić information content (AvgIpc) is 2.70. The zero-order chi connectivity index (χ0) is 21.2. The van der Waals surface area contributed by atoms with E-state index in [4.69, 9.17) is 0 Å². The Bertz CT molecular complexity index is 982. The zero-order valence-corrected chi connectivity index (χ0v) is 18.5. The Morgan fingerprint density at radius 1 is 1.14 bits per heavy atom. The second-order valence-electron chi connectivity index (χ2n) is 7.98. The molecule has 1 heterocycles. The summed E-state index contributed by atoms with van der Waals surface area (Å²) in [5, 5.41) is 0. The van der Waals surface area contributed by atoms with Crippen LogP contribution >= 0.6 is 0 Å². The molecular formula is C23H30N2O3S. The van der Waals surface area contributed by atoms with Crippen molar-refractivity contribution in [3.63, 3.8) is 0 Å². The topological polar surface area (TPSA) is 57.7 Å². The van der Waals surface area contributed by atoms with Gasteiger partial charge in [-0.05, 0) is 74.7 Å². The van der Waals surface area contributed by atoms with Crippen LogP contribution in [0.15, 0.2) is 47.4 Å².